The summed E-state index contributed by atoms with van der Waals surface area (Å²) in [6.07, 6.45) is 0.716. The molecular weight excluding hydrogens is 414 g/mol. The van der Waals surface area contributed by atoms with Gasteiger partial charge in [0.15, 0.2) is 0 Å². The van der Waals surface area contributed by atoms with Crippen LogP contribution in [0.2, 0.25) is 5.02 Å². The molecule has 0 saturated heterocycles. The predicted octanol–water partition coefficient (Wildman–Crippen LogP) is 2.18. The van der Waals surface area contributed by atoms with E-state index in [1.54, 1.807) is 42.6 Å². The van der Waals surface area contributed by atoms with Crippen molar-refractivity contribution in [3.63, 3.8) is 0 Å². The van der Waals surface area contributed by atoms with E-state index in [0.29, 0.717) is 33.5 Å². The van der Waals surface area contributed by atoms with Crippen LogP contribution in [0.25, 0.3) is 0 Å². The molecule has 0 aliphatic heterocycles. The first-order valence-corrected chi connectivity index (χ1v) is 9.96. The van der Waals surface area contributed by atoms with Crippen molar-refractivity contribution >= 4 is 34.7 Å². The molecule has 2 aromatic heterocycles. The fraction of sp³-hybridized carbons (Fsp3) is 0.263. The summed E-state index contributed by atoms with van der Waals surface area (Å²) in [6.45, 7) is 0.380. The van der Waals surface area contributed by atoms with Crippen LogP contribution in [0.1, 0.15) is 32.0 Å². The average Bonchev–Trinajstić information content (AvgIpc) is 3.20. The molecule has 3 aromatic rings. The van der Waals surface area contributed by atoms with Gasteiger partial charge in [0.1, 0.15) is 15.8 Å². The number of aromatic nitrogens is 3. The Bertz CT molecular complexity index is 966. The summed E-state index contributed by atoms with van der Waals surface area (Å²) in [5.74, 6) is 0.283. The van der Waals surface area contributed by atoms with E-state index < -0.39 is 6.10 Å². The summed E-state index contributed by atoms with van der Waals surface area (Å²) >= 11 is 7.16. The molecule has 3 N–H and O–H groups in total. The molecule has 8 nitrogen and oxygen atoms in total. The largest absolute Gasteiger partial charge is 0.389 e. The number of aliphatic hydroxyl groups excluding tert-OH is 2. The molecule has 0 aliphatic carbocycles. The second-order valence-corrected chi connectivity index (χ2v) is 7.87. The first kappa shape index (κ1) is 21.1. The molecule has 1 amide bonds. The Labute approximate surface area is 176 Å². The lowest BCUT2D eigenvalue weighted by atomic mass is 10.1. The van der Waals surface area contributed by atoms with Gasteiger partial charge >= 0.3 is 0 Å². The maximum Gasteiger partial charge on any atom is 0.251 e. The van der Waals surface area contributed by atoms with Gasteiger partial charge in [-0.15, -0.1) is 10.2 Å². The smallest absolute Gasteiger partial charge is 0.251 e. The van der Waals surface area contributed by atoms with E-state index in [9.17, 15) is 9.90 Å². The number of pyridine rings is 1. The van der Waals surface area contributed by atoms with E-state index in [2.05, 4.69) is 20.5 Å². The highest BCUT2D eigenvalue weighted by Crippen LogP contribution is 2.18. The number of nitrogens with zero attached hydrogens (tertiary/aromatic N) is 4. The molecule has 0 fully saturated rings. The molecule has 0 bridgehead atoms. The number of amides is 1. The van der Waals surface area contributed by atoms with E-state index in [1.165, 1.54) is 11.3 Å². The van der Waals surface area contributed by atoms with Gasteiger partial charge in [0, 0.05) is 30.4 Å². The van der Waals surface area contributed by atoms with Crippen LogP contribution in [-0.2, 0) is 13.2 Å². The predicted molar refractivity (Wildman–Crippen MR) is 111 cm³/mol. The lowest BCUT2D eigenvalue weighted by molar-refractivity contribution is 0.0916. The minimum atomic E-state index is -0.835. The van der Waals surface area contributed by atoms with Gasteiger partial charge in [-0.05, 0) is 29.8 Å². The standard InChI is InChI=1S/C19H20ClN5O3S/c1-25(10-17-23-24-18(11-26)29-17)16-8-13(6-7-21-16)19(28)22-9-15(27)12-2-4-14(20)5-3-12/h2-8,15,26-27H,9-11H2,1H3,(H,22,28)/t15-/m0/s1. The first-order valence-electron chi connectivity index (χ1n) is 8.77. The van der Waals surface area contributed by atoms with Crippen molar-refractivity contribution < 1.29 is 15.0 Å². The van der Waals surface area contributed by atoms with Crippen molar-refractivity contribution in [3.05, 3.63) is 68.8 Å². The molecule has 0 unspecified atom stereocenters. The summed E-state index contributed by atoms with van der Waals surface area (Å²) in [4.78, 5) is 18.6. The van der Waals surface area contributed by atoms with Gasteiger partial charge in [-0.2, -0.15) is 0 Å². The summed E-state index contributed by atoms with van der Waals surface area (Å²) in [6, 6.07) is 10.1. The van der Waals surface area contributed by atoms with Crippen LogP contribution in [0, 0.1) is 0 Å². The van der Waals surface area contributed by atoms with E-state index in [1.807, 2.05) is 11.9 Å². The third-order valence-electron chi connectivity index (χ3n) is 4.13. The zero-order valence-corrected chi connectivity index (χ0v) is 17.2. The second-order valence-electron chi connectivity index (χ2n) is 6.28. The Balaban J connectivity index is 1.60. The van der Waals surface area contributed by atoms with Gasteiger partial charge in [0.25, 0.3) is 5.91 Å². The van der Waals surface area contributed by atoms with E-state index in [0.717, 1.165) is 5.01 Å². The number of rotatable bonds is 8. The number of carbonyl (C=O) groups excluding carboxylic acids is 1. The molecule has 10 heteroatoms. The maximum atomic E-state index is 12.5. The number of carbonyl (C=O) groups is 1. The lowest BCUT2D eigenvalue weighted by Gasteiger charge is -2.17. The molecule has 29 heavy (non-hydrogen) atoms. The highest BCUT2D eigenvalue weighted by molar-refractivity contribution is 7.11. The van der Waals surface area contributed by atoms with Crippen molar-refractivity contribution in [2.24, 2.45) is 0 Å². The van der Waals surface area contributed by atoms with Gasteiger partial charge in [-0.1, -0.05) is 35.1 Å². The number of halogens is 1. The highest BCUT2D eigenvalue weighted by Gasteiger charge is 2.14. The van der Waals surface area contributed by atoms with Crippen molar-refractivity contribution in [3.8, 4) is 0 Å². The normalized spacial score (nSPS) is 11.9. The van der Waals surface area contributed by atoms with Crippen molar-refractivity contribution in [2.75, 3.05) is 18.5 Å². The third-order valence-corrected chi connectivity index (χ3v) is 5.27. The molecule has 0 aliphatic rings. The first-order chi connectivity index (χ1) is 14.0. The minimum Gasteiger partial charge on any atom is -0.389 e. The molecule has 0 spiro atoms. The second kappa shape index (κ2) is 9.75. The highest BCUT2D eigenvalue weighted by atomic mass is 35.5. The SMILES string of the molecule is CN(Cc1nnc(CO)s1)c1cc(C(=O)NC[C@H](O)c2ccc(Cl)cc2)ccn1. The van der Waals surface area contributed by atoms with Crippen molar-refractivity contribution in [1.29, 1.82) is 0 Å². The van der Waals surface area contributed by atoms with Crippen LogP contribution in [-0.4, -0.2) is 44.9 Å². The fourth-order valence-corrected chi connectivity index (χ4v) is 3.45. The van der Waals surface area contributed by atoms with Gasteiger partial charge in [0.05, 0.1) is 19.3 Å². The zero-order valence-electron chi connectivity index (χ0n) is 15.6. The zero-order chi connectivity index (χ0) is 20.8. The van der Waals surface area contributed by atoms with E-state index in [4.69, 9.17) is 16.7 Å². The fourth-order valence-electron chi connectivity index (χ4n) is 2.56. The average molecular weight is 434 g/mol. The summed E-state index contributed by atoms with van der Waals surface area (Å²) < 4.78 is 0. The molecule has 1 aromatic carbocycles. The topological polar surface area (TPSA) is 111 Å². The van der Waals surface area contributed by atoms with Gasteiger partial charge in [-0.25, -0.2) is 4.98 Å². The van der Waals surface area contributed by atoms with E-state index in [-0.39, 0.29) is 19.1 Å². The van der Waals surface area contributed by atoms with Gasteiger partial charge in [-0.3, -0.25) is 4.79 Å². The molecule has 0 radical (unpaired) electrons. The summed E-state index contributed by atoms with van der Waals surface area (Å²) in [7, 11) is 1.83. The van der Waals surface area contributed by atoms with Gasteiger partial charge < -0.3 is 20.4 Å². The number of nitrogens with one attached hydrogen (secondary N) is 1. The number of aliphatic hydroxyl groups is 2. The molecule has 2 heterocycles. The summed E-state index contributed by atoms with van der Waals surface area (Å²) in [5, 5.41) is 31.8. The summed E-state index contributed by atoms with van der Waals surface area (Å²) in [5.41, 5.74) is 1.10. The quantitative estimate of drug-likeness (QED) is 0.499. The molecule has 3 rings (SSSR count). The van der Waals surface area contributed by atoms with Crippen LogP contribution in [0.3, 0.4) is 0 Å². The number of anilines is 1. The number of benzene rings is 1. The number of hydrogen-bond acceptors (Lipinski definition) is 8. The van der Waals surface area contributed by atoms with Crippen LogP contribution in [0.4, 0.5) is 5.82 Å². The van der Waals surface area contributed by atoms with Gasteiger partial charge in [0.2, 0.25) is 0 Å². The Morgan fingerprint density at radius 1 is 1.24 bits per heavy atom. The third kappa shape index (κ3) is 5.70. The monoisotopic (exact) mass is 433 g/mol. The minimum absolute atomic E-state index is 0.0721. The Kier molecular flexibility index (Phi) is 7.10. The van der Waals surface area contributed by atoms with E-state index >= 15 is 0 Å². The maximum absolute atomic E-state index is 12.5. The molecular formula is C19H20ClN5O3S. The Hall–Kier alpha value is -2.59. The number of hydrogen-bond donors (Lipinski definition) is 3. The van der Waals surface area contributed by atoms with Crippen LogP contribution in [0.5, 0.6) is 0 Å². The Morgan fingerprint density at radius 3 is 2.66 bits per heavy atom. The van der Waals surface area contributed by atoms with Crippen molar-refractivity contribution in [2.45, 2.75) is 19.3 Å². The van der Waals surface area contributed by atoms with Crippen LogP contribution < -0.4 is 10.2 Å². The van der Waals surface area contributed by atoms with Crippen LogP contribution in [0.15, 0.2) is 42.6 Å². The van der Waals surface area contributed by atoms with Crippen LogP contribution >= 0.6 is 22.9 Å². The lowest BCUT2D eigenvalue weighted by Crippen LogP contribution is -2.28. The Morgan fingerprint density at radius 2 is 1.97 bits per heavy atom. The molecule has 152 valence electrons. The van der Waals surface area contributed by atoms with Crippen molar-refractivity contribution in [1.82, 2.24) is 20.5 Å². The molecule has 0 saturated carbocycles. The molecule has 1 atom stereocenters.